The van der Waals surface area contributed by atoms with Crippen LogP contribution in [0.5, 0.6) is 5.75 Å². The Kier molecular flexibility index (Phi) is 7.05. The van der Waals surface area contributed by atoms with E-state index in [0.29, 0.717) is 26.2 Å². The topological polar surface area (TPSA) is 79.4 Å². The van der Waals surface area contributed by atoms with Gasteiger partial charge in [0.2, 0.25) is 0 Å². The van der Waals surface area contributed by atoms with E-state index in [2.05, 4.69) is 46.1 Å². The Labute approximate surface area is 212 Å². The molecule has 0 saturated heterocycles. The van der Waals surface area contributed by atoms with E-state index in [1.165, 1.54) is 30.7 Å². The standard InChI is InChI=1S/C30H33N3O3/c1-3-35-29-6-4-5-22(11-14-36-20(2)34)30(29)24-16-27(23-9-12-32-25(15-23)18-31)26-10-13-33(28(26)17-24)19-21-7-8-21/h4-6,9-10,12-13,15-17,21H,3,7-8,11,14,18-19,31H2,1-2H3. The van der Waals surface area contributed by atoms with Crippen molar-refractivity contribution in [2.75, 3.05) is 13.2 Å². The molecule has 5 rings (SSSR count). The van der Waals surface area contributed by atoms with Crippen LogP contribution in [0.15, 0.2) is 60.9 Å². The average Bonchev–Trinajstić information content (AvgIpc) is 3.62. The second-order valence-corrected chi connectivity index (χ2v) is 9.42. The molecule has 0 atom stereocenters. The highest BCUT2D eigenvalue weighted by molar-refractivity contribution is 6.00. The minimum absolute atomic E-state index is 0.271. The first-order valence-corrected chi connectivity index (χ1v) is 12.7. The van der Waals surface area contributed by atoms with Crippen LogP contribution in [0.25, 0.3) is 33.2 Å². The highest BCUT2D eigenvalue weighted by Crippen LogP contribution is 2.41. The maximum Gasteiger partial charge on any atom is 0.302 e. The van der Waals surface area contributed by atoms with Crippen molar-refractivity contribution in [2.24, 2.45) is 11.7 Å². The van der Waals surface area contributed by atoms with Crippen LogP contribution in [0.2, 0.25) is 0 Å². The summed E-state index contributed by atoms with van der Waals surface area (Å²) in [6.07, 6.45) is 7.24. The van der Waals surface area contributed by atoms with E-state index in [9.17, 15) is 4.79 Å². The van der Waals surface area contributed by atoms with Gasteiger partial charge in [0.1, 0.15) is 5.75 Å². The van der Waals surface area contributed by atoms with Gasteiger partial charge in [-0.15, -0.1) is 0 Å². The maximum atomic E-state index is 11.4. The van der Waals surface area contributed by atoms with Crippen molar-refractivity contribution in [1.82, 2.24) is 9.55 Å². The molecule has 1 saturated carbocycles. The van der Waals surface area contributed by atoms with E-state index < -0.39 is 0 Å². The fraction of sp³-hybridized carbons (Fsp3) is 0.333. The van der Waals surface area contributed by atoms with Crippen LogP contribution in [0.3, 0.4) is 0 Å². The molecule has 6 nitrogen and oxygen atoms in total. The SMILES string of the molecule is CCOc1cccc(CCOC(C)=O)c1-c1cc(-c2ccnc(CN)c2)c2ccn(CC3CC3)c2c1. The first kappa shape index (κ1) is 24.1. The Bertz CT molecular complexity index is 1390. The fourth-order valence-electron chi connectivity index (χ4n) is 4.87. The zero-order valence-electron chi connectivity index (χ0n) is 21.0. The summed E-state index contributed by atoms with van der Waals surface area (Å²) >= 11 is 0. The lowest BCUT2D eigenvalue weighted by Crippen LogP contribution is -2.05. The zero-order valence-corrected chi connectivity index (χ0v) is 21.0. The largest absolute Gasteiger partial charge is 0.493 e. The number of nitrogens with two attached hydrogens (primary N) is 1. The number of fused-ring (bicyclic) bond motifs is 1. The minimum atomic E-state index is -0.271. The molecule has 6 heteroatoms. The molecule has 4 aromatic rings. The lowest BCUT2D eigenvalue weighted by atomic mass is 9.92. The summed E-state index contributed by atoms with van der Waals surface area (Å²) in [6.45, 7) is 5.76. The van der Waals surface area contributed by atoms with E-state index in [-0.39, 0.29) is 5.97 Å². The maximum absolute atomic E-state index is 11.4. The van der Waals surface area contributed by atoms with Crippen LogP contribution < -0.4 is 10.5 Å². The summed E-state index contributed by atoms with van der Waals surface area (Å²) in [5.74, 6) is 1.32. The number of nitrogens with zero attached hydrogens (tertiary/aromatic N) is 2. The number of hydrogen-bond acceptors (Lipinski definition) is 5. The van der Waals surface area contributed by atoms with Crippen LogP contribution in [0.1, 0.15) is 37.9 Å². The Morgan fingerprint density at radius 2 is 2.00 bits per heavy atom. The molecule has 186 valence electrons. The zero-order chi connectivity index (χ0) is 25.1. The van der Waals surface area contributed by atoms with E-state index in [1.807, 2.05) is 31.3 Å². The number of rotatable bonds is 10. The molecule has 0 radical (unpaired) electrons. The highest BCUT2D eigenvalue weighted by Gasteiger charge is 2.23. The summed E-state index contributed by atoms with van der Waals surface area (Å²) in [6, 6.07) is 17.0. The first-order valence-electron chi connectivity index (χ1n) is 12.7. The molecule has 0 bridgehead atoms. The van der Waals surface area contributed by atoms with Crippen LogP contribution in [-0.4, -0.2) is 28.7 Å². The third kappa shape index (κ3) is 5.14. The van der Waals surface area contributed by atoms with Crippen molar-refractivity contribution >= 4 is 16.9 Å². The summed E-state index contributed by atoms with van der Waals surface area (Å²) in [5, 5.41) is 1.21. The highest BCUT2D eigenvalue weighted by atomic mass is 16.5. The van der Waals surface area contributed by atoms with Gasteiger partial charge < -0.3 is 19.8 Å². The number of benzene rings is 2. The van der Waals surface area contributed by atoms with Gasteiger partial charge in [0.05, 0.1) is 18.9 Å². The van der Waals surface area contributed by atoms with E-state index in [0.717, 1.165) is 51.7 Å². The molecule has 1 fully saturated rings. The predicted octanol–water partition coefficient (Wildman–Crippen LogP) is 5.74. The Balaban J connectivity index is 1.70. The summed E-state index contributed by atoms with van der Waals surface area (Å²) in [5.41, 5.74) is 13.4. The molecule has 2 aromatic heterocycles. The van der Waals surface area contributed by atoms with Gasteiger partial charge >= 0.3 is 5.97 Å². The van der Waals surface area contributed by atoms with Gasteiger partial charge in [-0.05, 0) is 84.3 Å². The Hall–Kier alpha value is -3.64. The average molecular weight is 484 g/mol. The quantitative estimate of drug-likeness (QED) is 0.291. The van der Waals surface area contributed by atoms with Crippen molar-refractivity contribution in [3.63, 3.8) is 0 Å². The van der Waals surface area contributed by atoms with Crippen molar-refractivity contribution in [3.05, 3.63) is 72.2 Å². The molecule has 0 spiro atoms. The fourth-order valence-corrected chi connectivity index (χ4v) is 4.87. The van der Waals surface area contributed by atoms with E-state index >= 15 is 0 Å². The molecule has 0 aliphatic heterocycles. The van der Waals surface area contributed by atoms with Gasteiger partial charge in [-0.2, -0.15) is 0 Å². The van der Waals surface area contributed by atoms with Gasteiger partial charge in [0.25, 0.3) is 0 Å². The van der Waals surface area contributed by atoms with Crippen molar-refractivity contribution in [2.45, 2.75) is 46.2 Å². The third-order valence-electron chi connectivity index (χ3n) is 6.76. The summed E-state index contributed by atoms with van der Waals surface area (Å²) in [7, 11) is 0. The smallest absolute Gasteiger partial charge is 0.302 e. The summed E-state index contributed by atoms with van der Waals surface area (Å²) in [4.78, 5) is 15.8. The van der Waals surface area contributed by atoms with Crippen LogP contribution in [0, 0.1) is 5.92 Å². The van der Waals surface area contributed by atoms with Crippen LogP contribution >= 0.6 is 0 Å². The van der Waals surface area contributed by atoms with Crippen LogP contribution in [-0.2, 0) is 29.0 Å². The molecule has 36 heavy (non-hydrogen) atoms. The Morgan fingerprint density at radius 3 is 2.75 bits per heavy atom. The number of carbonyl (C=O) groups excluding carboxylic acids is 1. The molecule has 1 aliphatic carbocycles. The number of hydrogen-bond donors (Lipinski definition) is 1. The lowest BCUT2D eigenvalue weighted by Gasteiger charge is -2.18. The monoisotopic (exact) mass is 483 g/mol. The molecular formula is C30H33N3O3. The number of ether oxygens (including phenoxy) is 2. The normalized spacial score (nSPS) is 13.2. The van der Waals surface area contributed by atoms with Gasteiger partial charge in [-0.1, -0.05) is 12.1 Å². The predicted molar refractivity (Wildman–Crippen MR) is 143 cm³/mol. The van der Waals surface area contributed by atoms with Gasteiger partial charge in [-0.25, -0.2) is 0 Å². The van der Waals surface area contributed by atoms with Gasteiger partial charge in [0.15, 0.2) is 0 Å². The summed E-state index contributed by atoms with van der Waals surface area (Å²) < 4.78 is 13.8. The van der Waals surface area contributed by atoms with Crippen molar-refractivity contribution < 1.29 is 14.3 Å². The molecule has 2 aromatic carbocycles. The van der Waals surface area contributed by atoms with Gasteiger partial charge in [-0.3, -0.25) is 9.78 Å². The first-order chi connectivity index (χ1) is 17.6. The third-order valence-corrected chi connectivity index (χ3v) is 6.76. The van der Waals surface area contributed by atoms with E-state index in [4.69, 9.17) is 15.2 Å². The molecule has 1 aliphatic rings. The minimum Gasteiger partial charge on any atom is -0.493 e. The number of aromatic nitrogens is 2. The molecule has 0 amide bonds. The number of esters is 1. The second-order valence-electron chi connectivity index (χ2n) is 9.42. The lowest BCUT2D eigenvalue weighted by molar-refractivity contribution is -0.140. The molecule has 2 heterocycles. The van der Waals surface area contributed by atoms with Gasteiger partial charge in [0, 0.05) is 55.3 Å². The molecule has 0 unspecified atom stereocenters. The molecule has 2 N–H and O–H groups in total. The molecular weight excluding hydrogens is 450 g/mol. The number of pyridine rings is 1. The number of carbonyl (C=O) groups is 1. The Morgan fingerprint density at radius 1 is 1.14 bits per heavy atom. The van der Waals surface area contributed by atoms with Crippen molar-refractivity contribution in [1.29, 1.82) is 0 Å². The van der Waals surface area contributed by atoms with E-state index in [1.54, 1.807) is 0 Å². The second kappa shape index (κ2) is 10.5. The van der Waals surface area contributed by atoms with Crippen LogP contribution in [0.4, 0.5) is 0 Å². The van der Waals surface area contributed by atoms with Crippen molar-refractivity contribution in [3.8, 4) is 28.0 Å².